The Labute approximate surface area is 134 Å². The Morgan fingerprint density at radius 2 is 1.73 bits per heavy atom. The molecule has 0 spiro atoms. The van der Waals surface area contributed by atoms with Gasteiger partial charge >= 0.3 is 0 Å². The fraction of sp³-hybridized carbons (Fsp3) is 0.929. The fourth-order valence-corrected chi connectivity index (χ4v) is 3.76. The van der Waals surface area contributed by atoms with Gasteiger partial charge in [-0.05, 0) is 19.8 Å². The van der Waals surface area contributed by atoms with E-state index in [2.05, 4.69) is 22.0 Å². The number of nitrogens with zero attached hydrogens (tertiary/aromatic N) is 4. The van der Waals surface area contributed by atoms with Crippen LogP contribution in [0.4, 0.5) is 0 Å². The SMILES string of the molecule is CCNC(=NCCN1CCN(S(C)(=O)=O)CC1)N1CCCC1. The Bertz CT molecular complexity index is 466. The van der Waals surface area contributed by atoms with Crippen molar-refractivity contribution in [3.05, 3.63) is 0 Å². The van der Waals surface area contributed by atoms with Crippen molar-refractivity contribution >= 4 is 16.0 Å². The lowest BCUT2D eigenvalue weighted by atomic mass is 10.3. The van der Waals surface area contributed by atoms with Crippen LogP contribution < -0.4 is 5.32 Å². The summed E-state index contributed by atoms with van der Waals surface area (Å²) in [5.74, 6) is 1.02. The van der Waals surface area contributed by atoms with Gasteiger partial charge in [0, 0.05) is 52.4 Å². The van der Waals surface area contributed by atoms with E-state index in [1.54, 1.807) is 4.31 Å². The fourth-order valence-electron chi connectivity index (χ4n) is 2.94. The molecule has 0 bridgehead atoms. The molecule has 2 aliphatic rings. The summed E-state index contributed by atoms with van der Waals surface area (Å²) in [6.07, 6.45) is 3.78. The van der Waals surface area contributed by atoms with Crippen LogP contribution in [-0.4, -0.2) is 93.6 Å². The molecule has 2 aliphatic heterocycles. The molecule has 2 heterocycles. The van der Waals surface area contributed by atoms with Crippen molar-refractivity contribution in [1.29, 1.82) is 0 Å². The third-order valence-electron chi connectivity index (χ3n) is 4.22. The van der Waals surface area contributed by atoms with Crippen molar-refractivity contribution in [2.24, 2.45) is 4.99 Å². The maximum Gasteiger partial charge on any atom is 0.211 e. The van der Waals surface area contributed by atoms with E-state index in [0.29, 0.717) is 13.1 Å². The molecule has 2 saturated heterocycles. The molecular formula is C14H29N5O2S. The van der Waals surface area contributed by atoms with E-state index < -0.39 is 10.0 Å². The number of sulfonamides is 1. The average Bonchev–Trinajstić information content (AvgIpc) is 3.00. The molecule has 0 amide bonds. The van der Waals surface area contributed by atoms with Gasteiger partial charge < -0.3 is 10.2 Å². The van der Waals surface area contributed by atoms with Crippen LogP contribution >= 0.6 is 0 Å². The Hall–Kier alpha value is -0.860. The minimum atomic E-state index is -3.04. The molecule has 0 atom stereocenters. The largest absolute Gasteiger partial charge is 0.357 e. The van der Waals surface area contributed by atoms with Crippen LogP contribution in [0.25, 0.3) is 0 Å². The van der Waals surface area contributed by atoms with E-state index in [4.69, 9.17) is 4.99 Å². The first-order chi connectivity index (χ1) is 10.5. The molecule has 0 aliphatic carbocycles. The molecule has 2 rings (SSSR count). The highest BCUT2D eigenvalue weighted by atomic mass is 32.2. The minimum absolute atomic E-state index is 0.592. The summed E-state index contributed by atoms with van der Waals surface area (Å²) in [7, 11) is -3.04. The van der Waals surface area contributed by atoms with Crippen LogP contribution in [0.15, 0.2) is 4.99 Å². The lowest BCUT2D eigenvalue weighted by molar-refractivity contribution is 0.193. The van der Waals surface area contributed by atoms with Gasteiger partial charge in [-0.15, -0.1) is 0 Å². The smallest absolute Gasteiger partial charge is 0.211 e. The van der Waals surface area contributed by atoms with Crippen molar-refractivity contribution in [1.82, 2.24) is 19.4 Å². The number of guanidine groups is 1. The van der Waals surface area contributed by atoms with Gasteiger partial charge in [0.2, 0.25) is 10.0 Å². The van der Waals surface area contributed by atoms with E-state index in [-0.39, 0.29) is 0 Å². The van der Waals surface area contributed by atoms with Crippen LogP contribution in [0.3, 0.4) is 0 Å². The van der Waals surface area contributed by atoms with E-state index in [1.165, 1.54) is 19.1 Å². The second-order valence-electron chi connectivity index (χ2n) is 5.93. The van der Waals surface area contributed by atoms with Crippen molar-refractivity contribution in [2.75, 3.05) is 65.2 Å². The van der Waals surface area contributed by atoms with Gasteiger partial charge in [0.1, 0.15) is 0 Å². The highest BCUT2D eigenvalue weighted by Gasteiger charge is 2.23. The van der Waals surface area contributed by atoms with Crippen molar-refractivity contribution in [3.8, 4) is 0 Å². The first-order valence-corrected chi connectivity index (χ1v) is 10.1. The molecule has 0 radical (unpaired) electrons. The maximum atomic E-state index is 11.5. The molecule has 0 aromatic heterocycles. The molecular weight excluding hydrogens is 302 g/mol. The van der Waals surface area contributed by atoms with Gasteiger partial charge in [0.05, 0.1) is 12.8 Å². The van der Waals surface area contributed by atoms with Gasteiger partial charge in [0.25, 0.3) is 0 Å². The van der Waals surface area contributed by atoms with Gasteiger partial charge in [-0.25, -0.2) is 8.42 Å². The van der Waals surface area contributed by atoms with Gasteiger partial charge in [-0.1, -0.05) is 0 Å². The van der Waals surface area contributed by atoms with E-state index in [0.717, 1.165) is 51.8 Å². The molecule has 0 aromatic rings. The number of hydrogen-bond acceptors (Lipinski definition) is 4. The second kappa shape index (κ2) is 8.12. The van der Waals surface area contributed by atoms with E-state index in [9.17, 15) is 8.42 Å². The number of likely N-dealkylation sites (tertiary alicyclic amines) is 1. The molecule has 1 N–H and O–H groups in total. The number of hydrogen-bond donors (Lipinski definition) is 1. The van der Waals surface area contributed by atoms with Crippen molar-refractivity contribution < 1.29 is 8.42 Å². The van der Waals surface area contributed by atoms with E-state index >= 15 is 0 Å². The highest BCUT2D eigenvalue weighted by Crippen LogP contribution is 2.08. The zero-order valence-electron chi connectivity index (χ0n) is 13.8. The number of piperazine rings is 1. The summed E-state index contributed by atoms with van der Waals surface area (Å²) < 4.78 is 24.5. The standard InChI is InChI=1S/C14H29N5O2S/c1-3-15-14(18-7-4-5-8-18)16-6-9-17-10-12-19(13-11-17)22(2,20)21/h3-13H2,1-2H3,(H,15,16). The lowest BCUT2D eigenvalue weighted by Crippen LogP contribution is -2.49. The first kappa shape index (κ1) is 17.5. The summed E-state index contributed by atoms with van der Waals surface area (Å²) in [6.45, 7) is 9.60. The molecule has 22 heavy (non-hydrogen) atoms. The maximum absolute atomic E-state index is 11.5. The van der Waals surface area contributed by atoms with Crippen LogP contribution in [0.2, 0.25) is 0 Å². The predicted molar refractivity (Wildman–Crippen MR) is 89.6 cm³/mol. The Balaban J connectivity index is 1.76. The van der Waals surface area contributed by atoms with Gasteiger partial charge in [-0.2, -0.15) is 4.31 Å². The van der Waals surface area contributed by atoms with Crippen LogP contribution in [0, 0.1) is 0 Å². The third-order valence-corrected chi connectivity index (χ3v) is 5.52. The van der Waals surface area contributed by atoms with Gasteiger partial charge in [0.15, 0.2) is 5.96 Å². The Kier molecular flexibility index (Phi) is 6.46. The molecule has 128 valence electrons. The molecule has 7 nitrogen and oxygen atoms in total. The summed E-state index contributed by atoms with van der Waals surface area (Å²) in [4.78, 5) is 9.33. The number of aliphatic imine (C=N–C) groups is 1. The first-order valence-electron chi connectivity index (χ1n) is 8.21. The van der Waals surface area contributed by atoms with Crippen molar-refractivity contribution in [2.45, 2.75) is 19.8 Å². The minimum Gasteiger partial charge on any atom is -0.357 e. The molecule has 0 aromatic carbocycles. The zero-order valence-corrected chi connectivity index (χ0v) is 14.6. The van der Waals surface area contributed by atoms with Crippen molar-refractivity contribution in [3.63, 3.8) is 0 Å². The zero-order chi connectivity index (χ0) is 16.0. The summed E-state index contributed by atoms with van der Waals surface area (Å²) in [5, 5.41) is 3.36. The van der Waals surface area contributed by atoms with Crippen LogP contribution in [0.1, 0.15) is 19.8 Å². The second-order valence-corrected chi connectivity index (χ2v) is 7.92. The predicted octanol–water partition coefficient (Wildman–Crippen LogP) is -0.375. The number of nitrogens with one attached hydrogen (secondary N) is 1. The molecule has 0 unspecified atom stereocenters. The quantitative estimate of drug-likeness (QED) is 0.550. The highest BCUT2D eigenvalue weighted by molar-refractivity contribution is 7.88. The Morgan fingerprint density at radius 3 is 2.27 bits per heavy atom. The summed E-state index contributed by atoms with van der Waals surface area (Å²) >= 11 is 0. The molecule has 2 fully saturated rings. The van der Waals surface area contributed by atoms with Crippen LogP contribution in [-0.2, 0) is 10.0 Å². The summed E-state index contributed by atoms with van der Waals surface area (Å²) in [5.41, 5.74) is 0. The monoisotopic (exact) mass is 331 g/mol. The lowest BCUT2D eigenvalue weighted by Gasteiger charge is -2.32. The van der Waals surface area contributed by atoms with Gasteiger partial charge in [-0.3, -0.25) is 9.89 Å². The third kappa shape index (κ3) is 5.10. The number of rotatable bonds is 5. The Morgan fingerprint density at radius 1 is 1.09 bits per heavy atom. The average molecular weight is 331 g/mol. The molecule has 8 heteroatoms. The molecule has 0 saturated carbocycles. The van der Waals surface area contributed by atoms with Crippen LogP contribution in [0.5, 0.6) is 0 Å². The normalized spacial score (nSPS) is 22.3. The van der Waals surface area contributed by atoms with E-state index in [1.807, 2.05) is 0 Å². The topological polar surface area (TPSA) is 68.2 Å². The summed E-state index contributed by atoms with van der Waals surface area (Å²) in [6, 6.07) is 0.